The minimum atomic E-state index is -3.44. The second-order valence-electron chi connectivity index (χ2n) is 5.36. The summed E-state index contributed by atoms with van der Waals surface area (Å²) >= 11 is 5.88. The van der Waals surface area contributed by atoms with Crippen molar-refractivity contribution in [1.29, 1.82) is 0 Å². The lowest BCUT2D eigenvalue weighted by molar-refractivity contribution is 0.444. The average molecular weight is 332 g/mol. The van der Waals surface area contributed by atoms with E-state index in [1.165, 1.54) is 17.1 Å². The lowest BCUT2D eigenvalue weighted by Gasteiger charge is -2.18. The Hall–Kier alpha value is -0.660. The molecule has 7 heteroatoms. The Bertz CT molecular complexity index is 561. The van der Waals surface area contributed by atoms with E-state index in [4.69, 9.17) is 11.6 Å². The van der Waals surface area contributed by atoms with Crippen molar-refractivity contribution < 1.29 is 8.42 Å². The highest BCUT2D eigenvalue weighted by atomic mass is 35.5. The summed E-state index contributed by atoms with van der Waals surface area (Å²) in [6.07, 6.45) is 3.30. The number of rotatable bonds is 9. The normalized spacial score (nSPS) is 15.6. The van der Waals surface area contributed by atoms with Crippen LogP contribution in [0.3, 0.4) is 0 Å². The van der Waals surface area contributed by atoms with E-state index in [1.54, 1.807) is 25.2 Å². The lowest BCUT2D eigenvalue weighted by Crippen LogP contribution is -2.39. The molecule has 0 saturated heterocycles. The van der Waals surface area contributed by atoms with E-state index in [0.29, 0.717) is 17.6 Å². The van der Waals surface area contributed by atoms with Crippen LogP contribution >= 0.6 is 11.6 Å². The van der Waals surface area contributed by atoms with Gasteiger partial charge in [0.1, 0.15) is 0 Å². The van der Waals surface area contributed by atoms with Gasteiger partial charge >= 0.3 is 0 Å². The van der Waals surface area contributed by atoms with Crippen molar-refractivity contribution in [3.8, 4) is 0 Å². The number of benzene rings is 1. The SMILES string of the molecule is CN(CCCNC1CC1)S(=O)(=O)NCc1cccc(Cl)c1. The van der Waals surface area contributed by atoms with Gasteiger partial charge in [0.15, 0.2) is 0 Å². The van der Waals surface area contributed by atoms with E-state index in [9.17, 15) is 8.42 Å². The van der Waals surface area contributed by atoms with E-state index in [0.717, 1.165) is 18.5 Å². The largest absolute Gasteiger partial charge is 0.314 e. The molecule has 1 fully saturated rings. The molecule has 0 heterocycles. The Morgan fingerprint density at radius 1 is 1.38 bits per heavy atom. The molecule has 0 aromatic heterocycles. The number of nitrogens with one attached hydrogen (secondary N) is 2. The summed E-state index contributed by atoms with van der Waals surface area (Å²) in [6.45, 7) is 1.61. The summed E-state index contributed by atoms with van der Waals surface area (Å²) in [5, 5.41) is 3.97. The Labute approximate surface area is 131 Å². The lowest BCUT2D eigenvalue weighted by atomic mass is 10.2. The van der Waals surface area contributed by atoms with Crippen LogP contribution in [0.4, 0.5) is 0 Å². The second-order valence-corrected chi connectivity index (χ2v) is 7.66. The summed E-state index contributed by atoms with van der Waals surface area (Å²) in [5.41, 5.74) is 0.842. The van der Waals surface area contributed by atoms with Crippen LogP contribution in [-0.2, 0) is 16.8 Å². The van der Waals surface area contributed by atoms with Crippen LogP contribution in [0.25, 0.3) is 0 Å². The monoisotopic (exact) mass is 331 g/mol. The van der Waals surface area contributed by atoms with Crippen LogP contribution < -0.4 is 10.0 Å². The highest BCUT2D eigenvalue weighted by molar-refractivity contribution is 7.87. The summed E-state index contributed by atoms with van der Waals surface area (Å²) in [6, 6.07) is 7.82. The number of hydrogen-bond donors (Lipinski definition) is 2. The van der Waals surface area contributed by atoms with Crippen molar-refractivity contribution in [2.24, 2.45) is 0 Å². The maximum Gasteiger partial charge on any atom is 0.279 e. The maximum atomic E-state index is 12.1. The van der Waals surface area contributed by atoms with Gasteiger partial charge in [0.25, 0.3) is 10.2 Å². The number of halogens is 1. The summed E-state index contributed by atoms with van der Waals surface area (Å²) in [5.74, 6) is 0. The molecule has 1 aromatic carbocycles. The minimum absolute atomic E-state index is 0.244. The summed E-state index contributed by atoms with van der Waals surface area (Å²) in [7, 11) is -1.85. The van der Waals surface area contributed by atoms with Gasteiger partial charge in [0, 0.05) is 31.2 Å². The molecule has 0 bridgehead atoms. The van der Waals surface area contributed by atoms with Gasteiger partial charge in [-0.05, 0) is 43.5 Å². The Morgan fingerprint density at radius 3 is 2.81 bits per heavy atom. The molecule has 1 aliphatic rings. The van der Waals surface area contributed by atoms with Crippen molar-refractivity contribution in [3.63, 3.8) is 0 Å². The van der Waals surface area contributed by atoms with Crippen molar-refractivity contribution in [1.82, 2.24) is 14.3 Å². The maximum absolute atomic E-state index is 12.1. The third kappa shape index (κ3) is 5.92. The van der Waals surface area contributed by atoms with Crippen molar-refractivity contribution in [3.05, 3.63) is 34.9 Å². The quantitative estimate of drug-likeness (QED) is 0.678. The molecule has 2 N–H and O–H groups in total. The van der Waals surface area contributed by atoms with Gasteiger partial charge in [0.05, 0.1) is 0 Å². The molecule has 1 aliphatic carbocycles. The third-order valence-corrected chi connectivity index (χ3v) is 5.17. The van der Waals surface area contributed by atoms with Crippen molar-refractivity contribution in [2.45, 2.75) is 31.8 Å². The molecule has 1 saturated carbocycles. The second kappa shape index (κ2) is 7.56. The Morgan fingerprint density at radius 2 is 2.14 bits per heavy atom. The molecule has 5 nitrogen and oxygen atoms in total. The molecule has 0 amide bonds. The van der Waals surface area contributed by atoms with Gasteiger partial charge in [-0.1, -0.05) is 23.7 Å². The van der Waals surface area contributed by atoms with Gasteiger partial charge in [-0.2, -0.15) is 17.4 Å². The van der Waals surface area contributed by atoms with Gasteiger partial charge in [-0.15, -0.1) is 0 Å². The molecular weight excluding hydrogens is 310 g/mol. The van der Waals surface area contributed by atoms with Gasteiger partial charge in [-0.25, -0.2) is 0 Å². The molecule has 0 spiro atoms. The first-order valence-electron chi connectivity index (χ1n) is 7.16. The van der Waals surface area contributed by atoms with Crippen LogP contribution in [0.15, 0.2) is 24.3 Å². The van der Waals surface area contributed by atoms with Gasteiger partial charge in [-0.3, -0.25) is 0 Å². The Balaban J connectivity index is 1.73. The van der Waals surface area contributed by atoms with Crippen molar-refractivity contribution >= 4 is 21.8 Å². The first kappa shape index (κ1) is 16.7. The van der Waals surface area contributed by atoms with Crippen LogP contribution in [-0.4, -0.2) is 38.9 Å². The topological polar surface area (TPSA) is 61.4 Å². The first-order valence-corrected chi connectivity index (χ1v) is 8.98. The smallest absolute Gasteiger partial charge is 0.279 e. The zero-order valence-corrected chi connectivity index (χ0v) is 13.8. The van der Waals surface area contributed by atoms with Gasteiger partial charge < -0.3 is 5.32 Å². The molecule has 0 unspecified atom stereocenters. The highest BCUT2D eigenvalue weighted by Gasteiger charge is 2.20. The van der Waals surface area contributed by atoms with E-state index in [1.807, 2.05) is 6.07 Å². The molecule has 2 rings (SSSR count). The fourth-order valence-electron chi connectivity index (χ4n) is 1.95. The number of hydrogen-bond acceptors (Lipinski definition) is 3. The van der Waals surface area contributed by atoms with E-state index >= 15 is 0 Å². The molecule has 0 aliphatic heterocycles. The van der Waals surface area contributed by atoms with Crippen LogP contribution in [0.5, 0.6) is 0 Å². The van der Waals surface area contributed by atoms with E-state index in [2.05, 4.69) is 10.0 Å². The molecule has 0 atom stereocenters. The predicted octanol–water partition coefficient (Wildman–Crippen LogP) is 1.75. The van der Waals surface area contributed by atoms with Crippen LogP contribution in [0.1, 0.15) is 24.8 Å². The standard InChI is InChI=1S/C14H22ClN3O2S/c1-18(9-3-8-16-14-6-7-14)21(19,20)17-11-12-4-2-5-13(15)10-12/h2,4-5,10,14,16-17H,3,6-9,11H2,1H3. The highest BCUT2D eigenvalue weighted by Crippen LogP contribution is 2.18. The number of nitrogens with zero attached hydrogens (tertiary/aromatic N) is 1. The van der Waals surface area contributed by atoms with Crippen LogP contribution in [0.2, 0.25) is 5.02 Å². The fourth-order valence-corrected chi connectivity index (χ4v) is 3.10. The zero-order valence-electron chi connectivity index (χ0n) is 12.2. The first-order chi connectivity index (χ1) is 9.97. The zero-order chi connectivity index (χ0) is 15.3. The van der Waals surface area contributed by atoms with Gasteiger partial charge in [0.2, 0.25) is 0 Å². The van der Waals surface area contributed by atoms with E-state index < -0.39 is 10.2 Å². The molecular formula is C14H22ClN3O2S. The third-order valence-electron chi connectivity index (χ3n) is 3.42. The fraction of sp³-hybridized carbons (Fsp3) is 0.571. The summed E-state index contributed by atoms with van der Waals surface area (Å²) < 4.78 is 28.1. The molecule has 0 radical (unpaired) electrons. The Kier molecular flexibility index (Phi) is 6.01. The van der Waals surface area contributed by atoms with Crippen LogP contribution in [0, 0.1) is 0 Å². The predicted molar refractivity (Wildman–Crippen MR) is 85.5 cm³/mol. The average Bonchev–Trinajstić information content (AvgIpc) is 3.25. The minimum Gasteiger partial charge on any atom is -0.314 e. The summed E-state index contributed by atoms with van der Waals surface area (Å²) in [4.78, 5) is 0. The van der Waals surface area contributed by atoms with Crippen molar-refractivity contribution in [2.75, 3.05) is 20.1 Å². The molecule has 118 valence electrons. The molecule has 1 aromatic rings. The van der Waals surface area contributed by atoms with E-state index in [-0.39, 0.29) is 6.54 Å². The molecule has 21 heavy (non-hydrogen) atoms.